The molecule has 0 spiro atoms. The van der Waals surface area contributed by atoms with Crippen molar-refractivity contribution in [2.24, 2.45) is 5.73 Å². The zero-order valence-electron chi connectivity index (χ0n) is 8.95. The predicted octanol–water partition coefficient (Wildman–Crippen LogP) is 1.07. The highest BCUT2D eigenvalue weighted by Gasteiger charge is 2.09. The minimum absolute atomic E-state index is 0.160. The molecule has 1 atom stereocenters. The highest BCUT2D eigenvalue weighted by Crippen LogP contribution is 2.16. The summed E-state index contributed by atoms with van der Waals surface area (Å²) in [6, 6.07) is 0.160. The van der Waals surface area contributed by atoms with Gasteiger partial charge in [0.2, 0.25) is 5.88 Å². The van der Waals surface area contributed by atoms with Gasteiger partial charge in [-0.05, 0) is 13.3 Å². The van der Waals surface area contributed by atoms with Crippen molar-refractivity contribution in [2.75, 3.05) is 7.11 Å². The molecule has 1 unspecified atom stereocenters. The number of aromatic nitrogens is 2. The monoisotopic (exact) mass is 195 g/mol. The van der Waals surface area contributed by atoms with Gasteiger partial charge in [-0.3, -0.25) is 0 Å². The molecule has 0 aliphatic heterocycles. The maximum atomic E-state index is 5.86. The number of ether oxygens (including phenoxy) is 1. The summed E-state index contributed by atoms with van der Waals surface area (Å²) in [5.74, 6) is 0.637. The SMILES string of the molecule is CCC(N)Cc1ncnc(OC)c1C. The first-order valence-corrected chi connectivity index (χ1v) is 4.79. The molecule has 0 aromatic carbocycles. The van der Waals surface area contributed by atoms with Gasteiger partial charge in [0.15, 0.2) is 0 Å². The van der Waals surface area contributed by atoms with Crippen LogP contribution in [0.2, 0.25) is 0 Å². The summed E-state index contributed by atoms with van der Waals surface area (Å²) in [6.07, 6.45) is 3.25. The van der Waals surface area contributed by atoms with Gasteiger partial charge in [-0.25, -0.2) is 9.97 Å². The van der Waals surface area contributed by atoms with Crippen LogP contribution in [0.25, 0.3) is 0 Å². The molecule has 0 aliphatic carbocycles. The Bertz CT molecular complexity index is 301. The van der Waals surface area contributed by atoms with Gasteiger partial charge >= 0.3 is 0 Å². The van der Waals surface area contributed by atoms with E-state index in [0.717, 1.165) is 24.1 Å². The van der Waals surface area contributed by atoms with Crippen molar-refractivity contribution in [3.8, 4) is 5.88 Å². The lowest BCUT2D eigenvalue weighted by Crippen LogP contribution is -2.22. The average molecular weight is 195 g/mol. The Kier molecular flexibility index (Phi) is 3.83. The molecule has 1 aromatic heterocycles. The molecule has 0 saturated carbocycles. The minimum atomic E-state index is 0.160. The third kappa shape index (κ3) is 2.42. The molecule has 1 heterocycles. The number of hydrogen-bond donors (Lipinski definition) is 1. The van der Waals surface area contributed by atoms with Gasteiger partial charge in [0.25, 0.3) is 0 Å². The largest absolute Gasteiger partial charge is 0.481 e. The molecule has 1 aromatic rings. The van der Waals surface area contributed by atoms with Gasteiger partial charge in [0, 0.05) is 18.0 Å². The second-order valence-corrected chi connectivity index (χ2v) is 3.33. The van der Waals surface area contributed by atoms with E-state index in [9.17, 15) is 0 Å². The van der Waals surface area contributed by atoms with Crippen molar-refractivity contribution in [1.82, 2.24) is 9.97 Å². The zero-order valence-corrected chi connectivity index (χ0v) is 8.95. The van der Waals surface area contributed by atoms with Crippen LogP contribution in [0.1, 0.15) is 24.6 Å². The molecule has 78 valence electrons. The fraction of sp³-hybridized carbons (Fsp3) is 0.600. The summed E-state index contributed by atoms with van der Waals surface area (Å²) in [4.78, 5) is 8.22. The fourth-order valence-electron chi connectivity index (χ4n) is 1.27. The Morgan fingerprint density at radius 3 is 2.79 bits per heavy atom. The van der Waals surface area contributed by atoms with Crippen LogP contribution in [0.3, 0.4) is 0 Å². The summed E-state index contributed by atoms with van der Waals surface area (Å²) in [7, 11) is 1.61. The number of methoxy groups -OCH3 is 1. The lowest BCUT2D eigenvalue weighted by molar-refractivity contribution is 0.392. The van der Waals surface area contributed by atoms with Crippen LogP contribution in [0, 0.1) is 6.92 Å². The molecule has 0 saturated heterocycles. The second-order valence-electron chi connectivity index (χ2n) is 3.33. The van der Waals surface area contributed by atoms with E-state index in [2.05, 4.69) is 16.9 Å². The summed E-state index contributed by atoms with van der Waals surface area (Å²) in [6.45, 7) is 4.02. The summed E-state index contributed by atoms with van der Waals surface area (Å²) in [5.41, 5.74) is 7.83. The maximum absolute atomic E-state index is 5.86. The van der Waals surface area contributed by atoms with Crippen LogP contribution in [-0.2, 0) is 6.42 Å². The fourth-order valence-corrected chi connectivity index (χ4v) is 1.27. The molecule has 0 fully saturated rings. The summed E-state index contributed by atoms with van der Waals surface area (Å²) in [5, 5.41) is 0. The molecule has 0 aliphatic rings. The van der Waals surface area contributed by atoms with Crippen LogP contribution >= 0.6 is 0 Å². The molecular weight excluding hydrogens is 178 g/mol. The van der Waals surface area contributed by atoms with Crippen molar-refractivity contribution >= 4 is 0 Å². The first-order valence-electron chi connectivity index (χ1n) is 4.79. The smallest absolute Gasteiger partial charge is 0.219 e. The highest BCUT2D eigenvalue weighted by atomic mass is 16.5. The van der Waals surface area contributed by atoms with Gasteiger partial charge < -0.3 is 10.5 Å². The first-order chi connectivity index (χ1) is 6.69. The Morgan fingerprint density at radius 2 is 2.21 bits per heavy atom. The van der Waals surface area contributed by atoms with Crippen LogP contribution in [0.4, 0.5) is 0 Å². The standard InChI is InChI=1S/C10H17N3O/c1-4-8(11)5-9-7(2)10(14-3)13-6-12-9/h6,8H,4-5,11H2,1-3H3. The molecule has 0 amide bonds. The Morgan fingerprint density at radius 1 is 1.50 bits per heavy atom. The van der Waals surface area contributed by atoms with Gasteiger partial charge in [0.1, 0.15) is 6.33 Å². The van der Waals surface area contributed by atoms with Crippen molar-refractivity contribution in [1.29, 1.82) is 0 Å². The first kappa shape index (κ1) is 10.9. The van der Waals surface area contributed by atoms with Crippen molar-refractivity contribution < 1.29 is 4.74 Å². The van der Waals surface area contributed by atoms with Crippen molar-refractivity contribution in [2.45, 2.75) is 32.7 Å². The van der Waals surface area contributed by atoms with Gasteiger partial charge in [-0.1, -0.05) is 6.92 Å². The number of hydrogen-bond acceptors (Lipinski definition) is 4. The topological polar surface area (TPSA) is 61.0 Å². The molecule has 4 nitrogen and oxygen atoms in total. The zero-order chi connectivity index (χ0) is 10.6. The van der Waals surface area contributed by atoms with Crippen LogP contribution < -0.4 is 10.5 Å². The van der Waals surface area contributed by atoms with Crippen LogP contribution in [0.15, 0.2) is 6.33 Å². The number of nitrogens with zero attached hydrogens (tertiary/aromatic N) is 2. The summed E-state index contributed by atoms with van der Waals surface area (Å²) >= 11 is 0. The van der Waals surface area contributed by atoms with E-state index in [4.69, 9.17) is 10.5 Å². The molecule has 14 heavy (non-hydrogen) atoms. The van der Waals surface area contributed by atoms with Gasteiger partial charge in [0.05, 0.1) is 12.8 Å². The van der Waals surface area contributed by atoms with Crippen molar-refractivity contribution in [3.63, 3.8) is 0 Å². The molecule has 2 N–H and O–H groups in total. The van der Waals surface area contributed by atoms with E-state index in [0.29, 0.717) is 5.88 Å². The van der Waals surface area contributed by atoms with Gasteiger partial charge in [-0.15, -0.1) is 0 Å². The third-order valence-corrected chi connectivity index (χ3v) is 2.32. The maximum Gasteiger partial charge on any atom is 0.219 e. The molecule has 0 radical (unpaired) electrons. The average Bonchev–Trinajstić information content (AvgIpc) is 2.21. The van der Waals surface area contributed by atoms with E-state index < -0.39 is 0 Å². The molecule has 1 rings (SSSR count). The highest BCUT2D eigenvalue weighted by molar-refractivity contribution is 5.28. The molecule has 4 heteroatoms. The minimum Gasteiger partial charge on any atom is -0.481 e. The quantitative estimate of drug-likeness (QED) is 0.780. The summed E-state index contributed by atoms with van der Waals surface area (Å²) < 4.78 is 5.11. The van der Waals surface area contributed by atoms with E-state index in [1.165, 1.54) is 6.33 Å². The molecular formula is C10H17N3O. The van der Waals surface area contributed by atoms with Crippen LogP contribution in [-0.4, -0.2) is 23.1 Å². The third-order valence-electron chi connectivity index (χ3n) is 2.32. The lowest BCUT2D eigenvalue weighted by Gasteiger charge is -2.11. The normalized spacial score (nSPS) is 12.6. The Labute approximate surface area is 84.5 Å². The Balaban J connectivity index is 2.86. The van der Waals surface area contributed by atoms with E-state index >= 15 is 0 Å². The number of nitrogens with two attached hydrogens (primary N) is 1. The number of rotatable bonds is 4. The van der Waals surface area contributed by atoms with E-state index in [1.807, 2.05) is 6.92 Å². The Hall–Kier alpha value is -1.16. The van der Waals surface area contributed by atoms with Crippen LogP contribution in [0.5, 0.6) is 5.88 Å². The lowest BCUT2D eigenvalue weighted by atomic mass is 10.1. The van der Waals surface area contributed by atoms with E-state index in [1.54, 1.807) is 7.11 Å². The van der Waals surface area contributed by atoms with E-state index in [-0.39, 0.29) is 6.04 Å². The molecule has 0 bridgehead atoms. The van der Waals surface area contributed by atoms with Crippen molar-refractivity contribution in [3.05, 3.63) is 17.6 Å². The second kappa shape index (κ2) is 4.91. The predicted molar refractivity (Wildman–Crippen MR) is 55.3 cm³/mol. The van der Waals surface area contributed by atoms with Gasteiger partial charge in [-0.2, -0.15) is 0 Å².